The van der Waals surface area contributed by atoms with Crippen molar-refractivity contribution in [1.29, 1.82) is 0 Å². The van der Waals surface area contributed by atoms with Crippen molar-refractivity contribution in [2.24, 2.45) is 0 Å². The molecule has 1 saturated heterocycles. The van der Waals surface area contributed by atoms with E-state index in [1.165, 1.54) is 10.1 Å². The van der Waals surface area contributed by atoms with Crippen LogP contribution in [0.1, 0.15) is 5.56 Å². The molecule has 1 aliphatic rings. The number of piperazine rings is 1. The van der Waals surface area contributed by atoms with Crippen LogP contribution in [0.25, 0.3) is 10.1 Å². The van der Waals surface area contributed by atoms with Crippen molar-refractivity contribution in [2.45, 2.75) is 11.3 Å². The highest BCUT2D eigenvalue weighted by Crippen LogP contribution is 2.30. The fourth-order valence-corrected chi connectivity index (χ4v) is 6.18. The Kier molecular flexibility index (Phi) is 6.90. The van der Waals surface area contributed by atoms with E-state index in [0.717, 1.165) is 50.5 Å². The maximum Gasteiger partial charge on any atom is 0.261 e. The summed E-state index contributed by atoms with van der Waals surface area (Å²) in [5.74, 6) is 1.72. The Hall–Kier alpha value is -3.14. The maximum atomic E-state index is 12.8. The van der Waals surface area contributed by atoms with Gasteiger partial charge >= 0.3 is 0 Å². The van der Waals surface area contributed by atoms with Gasteiger partial charge in [-0.25, -0.2) is 8.42 Å². The van der Waals surface area contributed by atoms with Crippen LogP contribution in [0.2, 0.25) is 0 Å². The number of benzene rings is 3. The van der Waals surface area contributed by atoms with Gasteiger partial charge in [0.1, 0.15) is 11.6 Å². The van der Waals surface area contributed by atoms with Crippen LogP contribution in [0, 0.1) is 0 Å². The molecule has 1 N–H and O–H groups in total. The van der Waals surface area contributed by atoms with Crippen molar-refractivity contribution in [3.63, 3.8) is 0 Å². The zero-order valence-corrected chi connectivity index (χ0v) is 21.2. The summed E-state index contributed by atoms with van der Waals surface area (Å²) >= 11 is 1.56. The zero-order valence-electron chi connectivity index (χ0n) is 19.6. The van der Waals surface area contributed by atoms with Gasteiger partial charge in [-0.05, 0) is 72.0 Å². The molecule has 182 valence electrons. The monoisotopic (exact) mass is 508 g/mol. The van der Waals surface area contributed by atoms with E-state index in [-0.39, 0.29) is 4.90 Å². The van der Waals surface area contributed by atoms with E-state index >= 15 is 0 Å². The highest BCUT2D eigenvalue weighted by atomic mass is 32.2. The zero-order chi connectivity index (χ0) is 24.3. The quantitative estimate of drug-likeness (QED) is 0.379. The first-order valence-electron chi connectivity index (χ1n) is 11.6. The molecule has 9 heteroatoms. The number of hydrogen-bond donors (Lipinski definition) is 1. The second-order valence-corrected chi connectivity index (χ2v) is 11.0. The topological polar surface area (TPSA) is 74.8 Å². The van der Waals surface area contributed by atoms with E-state index in [4.69, 9.17) is 9.11 Å². The molecule has 0 unspecified atom stereocenters. The van der Waals surface area contributed by atoms with Gasteiger partial charge in [-0.15, -0.1) is 0 Å². The number of fused-ring (bicyclic) bond motifs is 1. The number of anilines is 2. The third-order valence-corrected chi connectivity index (χ3v) is 8.51. The molecule has 0 amide bonds. The maximum absolute atomic E-state index is 12.8. The molecule has 4 aromatic rings. The number of ether oxygens (including phenoxy) is 1. The molecule has 0 spiro atoms. The summed E-state index contributed by atoms with van der Waals surface area (Å²) in [6, 6.07) is 22.4. The number of nitrogens with zero attached hydrogens (tertiary/aromatic N) is 3. The van der Waals surface area contributed by atoms with Gasteiger partial charge < -0.3 is 9.64 Å². The molecule has 0 saturated carbocycles. The molecule has 35 heavy (non-hydrogen) atoms. The van der Waals surface area contributed by atoms with Crippen LogP contribution in [0.15, 0.2) is 77.7 Å². The lowest BCUT2D eigenvalue weighted by Gasteiger charge is -2.35. The van der Waals surface area contributed by atoms with Crippen molar-refractivity contribution < 1.29 is 13.2 Å². The van der Waals surface area contributed by atoms with Crippen LogP contribution in [0.3, 0.4) is 0 Å². The number of hydrogen-bond acceptors (Lipinski definition) is 7. The van der Waals surface area contributed by atoms with Crippen molar-refractivity contribution in [2.75, 3.05) is 49.5 Å². The molecule has 0 radical (unpaired) electrons. The minimum absolute atomic E-state index is 0.203. The van der Waals surface area contributed by atoms with Crippen molar-refractivity contribution in [3.8, 4) is 5.75 Å². The second kappa shape index (κ2) is 10.2. The molecule has 7 nitrogen and oxygen atoms in total. The first-order valence-corrected chi connectivity index (χ1v) is 13.8. The highest BCUT2D eigenvalue weighted by molar-refractivity contribution is 7.92. The van der Waals surface area contributed by atoms with Crippen LogP contribution >= 0.6 is 11.5 Å². The largest absolute Gasteiger partial charge is 0.497 e. The summed E-state index contributed by atoms with van der Waals surface area (Å²) in [7, 11) is -2.11. The van der Waals surface area contributed by atoms with E-state index in [0.29, 0.717) is 11.4 Å². The van der Waals surface area contributed by atoms with Gasteiger partial charge in [-0.2, -0.15) is 4.37 Å². The fourth-order valence-electron chi connectivity index (χ4n) is 4.33. The summed E-state index contributed by atoms with van der Waals surface area (Å²) in [6.45, 7) is 4.80. The molecule has 0 atom stereocenters. The van der Waals surface area contributed by atoms with Crippen LogP contribution in [0.4, 0.5) is 11.5 Å². The van der Waals surface area contributed by atoms with Crippen LogP contribution < -0.4 is 14.4 Å². The van der Waals surface area contributed by atoms with E-state index in [2.05, 4.69) is 38.8 Å². The van der Waals surface area contributed by atoms with Gasteiger partial charge in [0.25, 0.3) is 10.0 Å². The molecule has 1 aliphatic heterocycles. The Morgan fingerprint density at radius 3 is 2.51 bits per heavy atom. The van der Waals surface area contributed by atoms with Gasteiger partial charge in [-0.1, -0.05) is 24.3 Å². The Labute approximate surface area is 210 Å². The molecular formula is C26H28N4O3S2. The number of nitrogens with one attached hydrogen (secondary N) is 1. The average molecular weight is 509 g/mol. The van der Waals surface area contributed by atoms with E-state index in [9.17, 15) is 8.42 Å². The molecule has 1 aromatic heterocycles. The SMILES string of the molecule is COc1ccc(S(=O)(=O)Nc2cccc(CCN3CCN(c4nsc5ccccc45)CC3)c2)cc1. The van der Waals surface area contributed by atoms with Gasteiger partial charge in [0.2, 0.25) is 0 Å². The van der Waals surface area contributed by atoms with Crippen molar-refractivity contribution in [3.05, 3.63) is 78.4 Å². The lowest BCUT2D eigenvalue weighted by Crippen LogP contribution is -2.47. The Morgan fingerprint density at radius 1 is 0.971 bits per heavy atom. The van der Waals surface area contributed by atoms with Crippen LogP contribution in [0.5, 0.6) is 5.75 Å². The first-order chi connectivity index (χ1) is 17.0. The minimum Gasteiger partial charge on any atom is -0.497 e. The third kappa shape index (κ3) is 5.42. The summed E-state index contributed by atoms with van der Waals surface area (Å²) in [5, 5.41) is 1.24. The molecule has 3 aromatic carbocycles. The normalized spacial score (nSPS) is 14.8. The Bertz CT molecular complexity index is 1400. The van der Waals surface area contributed by atoms with Gasteiger partial charge in [0.15, 0.2) is 0 Å². The number of sulfonamides is 1. The molecule has 5 rings (SSSR count). The lowest BCUT2D eigenvalue weighted by atomic mass is 10.1. The summed E-state index contributed by atoms with van der Waals surface area (Å²) in [4.78, 5) is 5.04. The van der Waals surface area contributed by atoms with Crippen molar-refractivity contribution in [1.82, 2.24) is 9.27 Å². The summed E-state index contributed by atoms with van der Waals surface area (Å²) in [6.07, 6.45) is 0.859. The smallest absolute Gasteiger partial charge is 0.261 e. The van der Waals surface area contributed by atoms with Crippen molar-refractivity contribution >= 4 is 43.1 Å². The van der Waals surface area contributed by atoms with Crippen LogP contribution in [-0.4, -0.2) is 57.5 Å². The summed E-state index contributed by atoms with van der Waals surface area (Å²) < 4.78 is 39.2. The predicted octanol–water partition coefficient (Wildman–Crippen LogP) is 4.47. The van der Waals surface area contributed by atoms with E-state index in [1.807, 2.05) is 18.2 Å². The predicted molar refractivity (Wildman–Crippen MR) is 142 cm³/mol. The summed E-state index contributed by atoms with van der Waals surface area (Å²) in [5.41, 5.74) is 1.67. The van der Waals surface area contributed by atoms with Crippen LogP contribution in [-0.2, 0) is 16.4 Å². The van der Waals surface area contributed by atoms with E-state index in [1.54, 1.807) is 49.0 Å². The van der Waals surface area contributed by atoms with Gasteiger partial charge in [0.05, 0.1) is 16.7 Å². The number of methoxy groups -OCH3 is 1. The molecule has 0 bridgehead atoms. The first kappa shape index (κ1) is 23.6. The second-order valence-electron chi connectivity index (χ2n) is 8.56. The number of rotatable bonds is 8. The van der Waals surface area contributed by atoms with E-state index < -0.39 is 10.0 Å². The molecule has 0 aliphatic carbocycles. The highest BCUT2D eigenvalue weighted by Gasteiger charge is 2.20. The molecular weight excluding hydrogens is 480 g/mol. The standard InChI is InChI=1S/C26H28N4O3S2/c1-33-22-9-11-23(12-10-22)35(31,32)28-21-6-4-5-20(19-21)13-14-29-15-17-30(18-16-29)26-24-7-2-3-8-25(24)34-27-26/h2-12,19,28H,13-18H2,1H3. The minimum atomic E-state index is -3.66. The third-order valence-electron chi connectivity index (χ3n) is 6.30. The molecule has 2 heterocycles. The lowest BCUT2D eigenvalue weighted by molar-refractivity contribution is 0.261. The Balaban J connectivity index is 1.16. The number of aromatic nitrogens is 1. The molecule has 1 fully saturated rings. The fraction of sp³-hybridized carbons (Fsp3) is 0.269. The van der Waals surface area contributed by atoms with Gasteiger partial charge in [-0.3, -0.25) is 9.62 Å². The van der Waals surface area contributed by atoms with Gasteiger partial charge in [0, 0.05) is 43.8 Å². The average Bonchev–Trinajstić information content (AvgIpc) is 3.32. The Morgan fingerprint density at radius 2 is 1.74 bits per heavy atom.